The van der Waals surface area contributed by atoms with Crippen LogP contribution in [0, 0.1) is 5.92 Å². The predicted octanol–water partition coefficient (Wildman–Crippen LogP) is 2.52. The molecule has 2 nitrogen and oxygen atoms in total. The molecule has 2 rings (SSSR count). The monoisotopic (exact) mass is 224 g/mol. The van der Waals surface area contributed by atoms with Crippen LogP contribution in [0.1, 0.15) is 25.7 Å². The molecule has 1 saturated heterocycles. The topological polar surface area (TPSA) is 18.5 Å². The Labute approximate surface area is 86.7 Å². The van der Waals surface area contributed by atoms with Gasteiger partial charge in [0.1, 0.15) is 0 Å². The molecule has 1 spiro atoms. The first-order chi connectivity index (χ1) is 7.13. The summed E-state index contributed by atoms with van der Waals surface area (Å²) in [6.45, 7) is 1.11. The molecule has 1 aliphatic heterocycles. The van der Waals surface area contributed by atoms with Gasteiger partial charge in [-0.1, -0.05) is 0 Å². The van der Waals surface area contributed by atoms with Gasteiger partial charge >= 0.3 is 0 Å². The molecule has 1 aliphatic carbocycles. The first kappa shape index (κ1) is 11.2. The Morgan fingerprint density at radius 3 is 2.00 bits per heavy atom. The summed E-state index contributed by atoms with van der Waals surface area (Å²) in [5.74, 6) is -1.12. The van der Waals surface area contributed by atoms with Crippen LogP contribution >= 0.6 is 0 Å². The lowest BCUT2D eigenvalue weighted by molar-refractivity contribution is -0.187. The number of hydrogen-bond donors (Lipinski definition) is 0. The van der Waals surface area contributed by atoms with E-state index < -0.39 is 24.3 Å². The van der Waals surface area contributed by atoms with Gasteiger partial charge < -0.3 is 9.47 Å². The Balaban J connectivity index is 1.86. The van der Waals surface area contributed by atoms with Gasteiger partial charge in [-0.2, -0.15) is 0 Å². The van der Waals surface area contributed by atoms with E-state index in [0.29, 0.717) is 38.9 Å². The van der Waals surface area contributed by atoms with Crippen molar-refractivity contribution in [3.05, 3.63) is 0 Å². The Hall–Kier alpha value is -0.290. The molecular formula is C10H15F3O2. The molecule has 1 saturated carbocycles. The zero-order valence-corrected chi connectivity index (χ0v) is 8.43. The van der Waals surface area contributed by atoms with Crippen molar-refractivity contribution in [2.24, 2.45) is 5.92 Å². The van der Waals surface area contributed by atoms with Crippen molar-refractivity contribution in [3.8, 4) is 0 Å². The highest BCUT2D eigenvalue weighted by atomic mass is 19.3. The number of hydrogen-bond acceptors (Lipinski definition) is 2. The summed E-state index contributed by atoms with van der Waals surface area (Å²) < 4.78 is 48.2. The van der Waals surface area contributed by atoms with Crippen molar-refractivity contribution >= 4 is 0 Å². The molecule has 2 aliphatic rings. The smallest absolute Gasteiger partial charge is 0.269 e. The SMILES string of the molecule is FC(F)C(F)C1CCC2(CC1)OCCO2. The van der Waals surface area contributed by atoms with E-state index in [4.69, 9.17) is 9.47 Å². The molecule has 0 aromatic rings. The van der Waals surface area contributed by atoms with Crippen LogP contribution in [0.4, 0.5) is 13.2 Å². The summed E-state index contributed by atoms with van der Waals surface area (Å²) in [6.07, 6.45) is -2.95. The van der Waals surface area contributed by atoms with E-state index in [0.717, 1.165) is 0 Å². The summed E-state index contributed by atoms with van der Waals surface area (Å²) in [4.78, 5) is 0. The van der Waals surface area contributed by atoms with E-state index in [-0.39, 0.29) is 0 Å². The first-order valence-electron chi connectivity index (χ1n) is 5.33. The van der Waals surface area contributed by atoms with E-state index in [1.807, 2.05) is 0 Å². The van der Waals surface area contributed by atoms with Gasteiger partial charge in [0.25, 0.3) is 6.43 Å². The van der Waals surface area contributed by atoms with Gasteiger partial charge in [0.2, 0.25) is 0 Å². The van der Waals surface area contributed by atoms with Crippen LogP contribution in [0.2, 0.25) is 0 Å². The maximum Gasteiger partial charge on any atom is 0.269 e. The third-order valence-electron chi connectivity index (χ3n) is 3.30. The largest absolute Gasteiger partial charge is 0.348 e. The summed E-state index contributed by atoms with van der Waals surface area (Å²) in [5, 5.41) is 0. The lowest BCUT2D eigenvalue weighted by atomic mass is 9.82. The highest BCUT2D eigenvalue weighted by molar-refractivity contribution is 4.85. The van der Waals surface area contributed by atoms with Gasteiger partial charge in [-0.3, -0.25) is 0 Å². The number of rotatable bonds is 2. The second-order valence-electron chi connectivity index (χ2n) is 4.22. The van der Waals surface area contributed by atoms with Crippen LogP contribution in [0.25, 0.3) is 0 Å². The van der Waals surface area contributed by atoms with E-state index in [9.17, 15) is 13.2 Å². The minimum atomic E-state index is -2.87. The number of halogens is 3. The maximum atomic E-state index is 13.1. The Bertz CT molecular complexity index is 207. The Kier molecular flexibility index (Phi) is 3.21. The second-order valence-corrected chi connectivity index (χ2v) is 4.22. The standard InChI is InChI=1S/C10H15F3O2/c11-8(9(12)13)7-1-3-10(4-2-7)14-5-6-15-10/h7-9H,1-6H2. The highest BCUT2D eigenvalue weighted by Gasteiger charge is 2.43. The Morgan fingerprint density at radius 2 is 1.53 bits per heavy atom. The minimum Gasteiger partial charge on any atom is -0.348 e. The van der Waals surface area contributed by atoms with Gasteiger partial charge in [-0.05, 0) is 18.8 Å². The molecule has 1 heterocycles. The number of ether oxygens (including phenoxy) is 2. The molecule has 5 heteroatoms. The van der Waals surface area contributed by atoms with Crippen molar-refractivity contribution in [3.63, 3.8) is 0 Å². The molecule has 0 aromatic heterocycles. The van der Waals surface area contributed by atoms with Crippen molar-refractivity contribution in [1.29, 1.82) is 0 Å². The van der Waals surface area contributed by atoms with E-state index in [1.165, 1.54) is 0 Å². The highest BCUT2D eigenvalue weighted by Crippen LogP contribution is 2.40. The predicted molar refractivity (Wildman–Crippen MR) is 47.5 cm³/mol. The van der Waals surface area contributed by atoms with Gasteiger partial charge in [-0.15, -0.1) is 0 Å². The molecule has 0 N–H and O–H groups in total. The van der Waals surface area contributed by atoms with Crippen molar-refractivity contribution < 1.29 is 22.6 Å². The lowest BCUT2D eigenvalue weighted by Crippen LogP contribution is -2.38. The van der Waals surface area contributed by atoms with E-state index in [1.54, 1.807) is 0 Å². The van der Waals surface area contributed by atoms with Crippen molar-refractivity contribution in [2.75, 3.05) is 13.2 Å². The summed E-state index contributed by atoms with van der Waals surface area (Å²) in [6, 6.07) is 0. The average Bonchev–Trinajstić information content (AvgIpc) is 2.67. The van der Waals surface area contributed by atoms with Crippen LogP contribution in [-0.4, -0.2) is 31.6 Å². The fraction of sp³-hybridized carbons (Fsp3) is 1.00. The fourth-order valence-electron chi connectivity index (χ4n) is 2.39. The van der Waals surface area contributed by atoms with Gasteiger partial charge in [0, 0.05) is 12.8 Å². The van der Waals surface area contributed by atoms with Crippen molar-refractivity contribution in [1.82, 2.24) is 0 Å². The van der Waals surface area contributed by atoms with Crippen LogP contribution in [0.5, 0.6) is 0 Å². The van der Waals surface area contributed by atoms with Crippen LogP contribution in [-0.2, 0) is 9.47 Å². The third-order valence-corrected chi connectivity index (χ3v) is 3.30. The molecule has 0 bridgehead atoms. The summed E-state index contributed by atoms with van der Waals surface area (Å²) in [7, 11) is 0. The van der Waals surface area contributed by atoms with Gasteiger partial charge in [-0.25, -0.2) is 13.2 Å². The average molecular weight is 224 g/mol. The lowest BCUT2D eigenvalue weighted by Gasteiger charge is -2.36. The quantitative estimate of drug-likeness (QED) is 0.717. The second kappa shape index (κ2) is 4.29. The summed E-state index contributed by atoms with van der Waals surface area (Å²) >= 11 is 0. The molecule has 1 atom stereocenters. The molecule has 0 radical (unpaired) electrons. The van der Waals surface area contributed by atoms with Gasteiger partial charge in [0.05, 0.1) is 13.2 Å². The van der Waals surface area contributed by atoms with Crippen LogP contribution < -0.4 is 0 Å². The zero-order valence-electron chi connectivity index (χ0n) is 8.43. The normalized spacial score (nSPS) is 28.8. The van der Waals surface area contributed by atoms with Crippen LogP contribution in [0.3, 0.4) is 0 Å². The number of alkyl halides is 3. The van der Waals surface area contributed by atoms with Crippen LogP contribution in [0.15, 0.2) is 0 Å². The molecule has 1 unspecified atom stereocenters. The minimum absolute atomic E-state index is 0.422. The maximum absolute atomic E-state index is 13.1. The molecule has 88 valence electrons. The fourth-order valence-corrected chi connectivity index (χ4v) is 2.39. The van der Waals surface area contributed by atoms with Gasteiger partial charge in [0.15, 0.2) is 12.0 Å². The molecule has 15 heavy (non-hydrogen) atoms. The van der Waals surface area contributed by atoms with E-state index in [2.05, 4.69) is 0 Å². The summed E-state index contributed by atoms with van der Waals surface area (Å²) in [5.41, 5.74) is 0. The third kappa shape index (κ3) is 2.28. The zero-order chi connectivity index (χ0) is 10.9. The molecule has 0 aromatic carbocycles. The molecular weight excluding hydrogens is 209 g/mol. The van der Waals surface area contributed by atoms with Crippen molar-refractivity contribution in [2.45, 2.75) is 44.1 Å². The molecule has 2 fully saturated rings. The Morgan fingerprint density at radius 1 is 1.00 bits per heavy atom. The first-order valence-corrected chi connectivity index (χ1v) is 5.33. The van der Waals surface area contributed by atoms with E-state index >= 15 is 0 Å². The molecule has 0 amide bonds.